The molecule has 0 radical (unpaired) electrons. The number of quaternary nitrogens is 2. The Kier molecular flexibility index (Phi) is 11.6. The van der Waals surface area contributed by atoms with E-state index in [0.29, 0.717) is 18.7 Å². The van der Waals surface area contributed by atoms with Gasteiger partial charge in [0.2, 0.25) is 5.91 Å². The van der Waals surface area contributed by atoms with Crippen LogP contribution in [0.2, 0.25) is 0 Å². The van der Waals surface area contributed by atoms with Crippen molar-refractivity contribution in [1.29, 1.82) is 0 Å². The highest BCUT2D eigenvalue weighted by Gasteiger charge is 2.35. The molecule has 2 aliphatic rings. The summed E-state index contributed by atoms with van der Waals surface area (Å²) in [5.41, 5.74) is 0.600. The highest BCUT2D eigenvalue weighted by atomic mass is 19.1. The van der Waals surface area contributed by atoms with Crippen molar-refractivity contribution < 1.29 is 32.9 Å². The zero-order valence-corrected chi connectivity index (χ0v) is 24.2. The molecule has 0 bridgehead atoms. The molecule has 9 heteroatoms. The van der Waals surface area contributed by atoms with Gasteiger partial charge in [-0.15, -0.1) is 0 Å². The van der Waals surface area contributed by atoms with E-state index in [-0.39, 0.29) is 29.4 Å². The molecule has 1 aromatic carbocycles. The fraction of sp³-hybridized carbons (Fsp3) is 0.613. The maximum Gasteiger partial charge on any atom is 0.290 e. The van der Waals surface area contributed by atoms with E-state index in [1.54, 1.807) is 23.1 Å². The highest BCUT2D eigenvalue weighted by molar-refractivity contribution is 5.96. The minimum absolute atomic E-state index is 0.0907. The first-order valence-corrected chi connectivity index (χ1v) is 15.2. The lowest BCUT2D eigenvalue weighted by atomic mass is 9.94. The molecule has 3 N–H and O–H groups in total. The number of hydrogen-bond donors (Lipinski definition) is 3. The molecular weight excluding hydrogens is 511 g/mol. The van der Waals surface area contributed by atoms with Crippen molar-refractivity contribution in [3.05, 3.63) is 59.3 Å². The minimum atomic E-state index is -0.875. The number of carbonyl (C=O) groups is 2. The van der Waals surface area contributed by atoms with E-state index in [1.165, 1.54) is 28.4 Å². The molecule has 2 heterocycles. The molecule has 8 nitrogen and oxygen atoms in total. The van der Waals surface area contributed by atoms with Gasteiger partial charge in [0.1, 0.15) is 31.5 Å². The lowest BCUT2D eigenvalue weighted by Gasteiger charge is -2.33. The van der Waals surface area contributed by atoms with Crippen molar-refractivity contribution in [2.75, 3.05) is 52.5 Å². The Labute approximate surface area is 237 Å². The number of halogens is 1. The monoisotopic (exact) mass is 558 g/mol. The lowest BCUT2D eigenvalue weighted by Crippen LogP contribution is -3.12. The number of hydrogen-bond acceptors (Lipinski definition) is 4. The van der Waals surface area contributed by atoms with E-state index < -0.39 is 6.04 Å². The molecule has 1 unspecified atom stereocenters. The Morgan fingerprint density at radius 3 is 2.42 bits per heavy atom. The molecule has 4 rings (SSSR count). The van der Waals surface area contributed by atoms with E-state index >= 15 is 0 Å². The number of carbonyl (C=O) groups excluding carboxylic acids is 2. The Balaban J connectivity index is 1.60. The Hall–Kier alpha value is -2.75. The second-order valence-electron chi connectivity index (χ2n) is 11.2. The molecule has 2 aromatic rings. The molecular formula is C31H47FN4O4+2. The molecule has 40 heavy (non-hydrogen) atoms. The molecule has 1 atom stereocenters. The largest absolute Gasteiger partial charge is 0.450 e. The van der Waals surface area contributed by atoms with E-state index in [4.69, 9.17) is 9.15 Å². The topological polar surface area (TPSA) is 80.7 Å². The summed E-state index contributed by atoms with van der Waals surface area (Å²) in [5, 5.41) is 3.22. The summed E-state index contributed by atoms with van der Waals surface area (Å²) in [5.74, 6) is 0.0742. The zero-order valence-electron chi connectivity index (χ0n) is 24.2. The van der Waals surface area contributed by atoms with Crippen LogP contribution in [-0.4, -0.2) is 75.2 Å². The minimum Gasteiger partial charge on any atom is -0.450 e. The van der Waals surface area contributed by atoms with Crippen LogP contribution in [-0.2, 0) is 16.1 Å². The smallest absolute Gasteiger partial charge is 0.290 e. The number of benzene rings is 1. The van der Waals surface area contributed by atoms with Crippen molar-refractivity contribution in [2.24, 2.45) is 0 Å². The first-order chi connectivity index (χ1) is 19.5. The van der Waals surface area contributed by atoms with E-state index in [1.807, 2.05) is 6.07 Å². The highest BCUT2D eigenvalue weighted by Crippen LogP contribution is 2.26. The van der Waals surface area contributed by atoms with Crippen LogP contribution in [0.1, 0.15) is 80.3 Å². The first-order valence-electron chi connectivity index (χ1n) is 15.2. The molecule has 1 aliphatic heterocycles. The lowest BCUT2D eigenvalue weighted by molar-refractivity contribution is -0.922. The predicted octanol–water partition coefficient (Wildman–Crippen LogP) is 1.78. The Morgan fingerprint density at radius 2 is 1.75 bits per heavy atom. The molecule has 2 fully saturated rings. The third kappa shape index (κ3) is 8.38. The molecule has 220 valence electrons. The van der Waals surface area contributed by atoms with Crippen LogP contribution in [0.5, 0.6) is 0 Å². The number of ether oxygens (including phenoxy) is 1. The predicted molar refractivity (Wildman–Crippen MR) is 151 cm³/mol. The number of rotatable bonds is 13. The SMILES string of the molecule is CC[NH+](CC)CCCN(C(=O)c1ccc(C[NH+]2CCOCC2)o1)C(C(=O)NC1CCCCC1)c1ccc(F)cc1. The van der Waals surface area contributed by atoms with Crippen molar-refractivity contribution in [2.45, 2.75) is 71.0 Å². The summed E-state index contributed by atoms with van der Waals surface area (Å²) >= 11 is 0. The van der Waals surface area contributed by atoms with Crippen molar-refractivity contribution in [3.8, 4) is 0 Å². The van der Waals surface area contributed by atoms with Gasteiger partial charge in [-0.2, -0.15) is 0 Å². The summed E-state index contributed by atoms with van der Waals surface area (Å²) in [6.45, 7) is 11.5. The quantitative estimate of drug-likeness (QED) is 0.350. The van der Waals surface area contributed by atoms with Gasteiger partial charge in [-0.25, -0.2) is 4.39 Å². The summed E-state index contributed by atoms with van der Waals surface area (Å²) in [6.07, 6.45) is 5.96. The third-order valence-corrected chi connectivity index (χ3v) is 8.38. The summed E-state index contributed by atoms with van der Waals surface area (Å²) in [6, 6.07) is 8.75. The summed E-state index contributed by atoms with van der Waals surface area (Å²) in [7, 11) is 0. The van der Waals surface area contributed by atoms with Crippen LogP contribution >= 0.6 is 0 Å². The van der Waals surface area contributed by atoms with Crippen LogP contribution in [0.15, 0.2) is 40.8 Å². The van der Waals surface area contributed by atoms with Crippen LogP contribution in [0.25, 0.3) is 0 Å². The van der Waals surface area contributed by atoms with E-state index in [0.717, 1.165) is 83.8 Å². The number of amides is 2. The van der Waals surface area contributed by atoms with Gasteiger partial charge in [-0.3, -0.25) is 9.59 Å². The van der Waals surface area contributed by atoms with Gasteiger partial charge in [0.05, 0.1) is 32.8 Å². The number of morpholine rings is 1. The van der Waals surface area contributed by atoms with E-state index in [9.17, 15) is 14.0 Å². The Bertz CT molecular complexity index is 1060. The first kappa shape index (κ1) is 30.2. The fourth-order valence-electron chi connectivity index (χ4n) is 5.91. The average molecular weight is 559 g/mol. The van der Waals surface area contributed by atoms with Gasteiger partial charge in [0, 0.05) is 19.0 Å². The van der Waals surface area contributed by atoms with Crippen LogP contribution in [0, 0.1) is 5.82 Å². The molecule has 2 amide bonds. The van der Waals surface area contributed by atoms with Gasteiger partial charge < -0.3 is 29.2 Å². The molecule has 0 spiro atoms. The van der Waals surface area contributed by atoms with Gasteiger partial charge in [0.25, 0.3) is 5.91 Å². The standard InChI is InChI=1S/C31H45FN4O4/c1-3-34(4-2)17-8-18-36(31(38)28-16-15-27(40-28)23-35-19-21-39-22-20-35)29(24-11-13-25(32)14-12-24)30(37)33-26-9-6-5-7-10-26/h11-16,26,29H,3-10,17-23H2,1-2H3,(H,33,37)/p+2. The zero-order chi connectivity index (χ0) is 28.3. The summed E-state index contributed by atoms with van der Waals surface area (Å²) in [4.78, 5) is 32.4. The van der Waals surface area contributed by atoms with Gasteiger partial charge in [-0.05, 0) is 56.5 Å². The van der Waals surface area contributed by atoms with Gasteiger partial charge in [-0.1, -0.05) is 31.4 Å². The maximum absolute atomic E-state index is 14.1. The number of furan rings is 1. The van der Waals surface area contributed by atoms with Crippen LogP contribution in [0.4, 0.5) is 4.39 Å². The fourth-order valence-corrected chi connectivity index (χ4v) is 5.91. The van der Waals surface area contributed by atoms with Gasteiger partial charge in [0.15, 0.2) is 11.5 Å². The third-order valence-electron chi connectivity index (χ3n) is 8.38. The van der Waals surface area contributed by atoms with Crippen molar-refractivity contribution >= 4 is 11.8 Å². The second kappa shape index (κ2) is 15.3. The number of nitrogens with one attached hydrogen (secondary N) is 3. The van der Waals surface area contributed by atoms with Crippen LogP contribution in [0.3, 0.4) is 0 Å². The molecule has 1 saturated heterocycles. The molecule has 1 aliphatic carbocycles. The van der Waals surface area contributed by atoms with Crippen LogP contribution < -0.4 is 15.1 Å². The van der Waals surface area contributed by atoms with Crippen molar-refractivity contribution in [3.63, 3.8) is 0 Å². The molecule has 1 saturated carbocycles. The van der Waals surface area contributed by atoms with E-state index in [2.05, 4.69) is 19.2 Å². The molecule has 1 aromatic heterocycles. The van der Waals surface area contributed by atoms with Gasteiger partial charge >= 0.3 is 0 Å². The normalized spacial score (nSPS) is 17.6. The summed E-state index contributed by atoms with van der Waals surface area (Å²) < 4.78 is 25.4. The Morgan fingerprint density at radius 1 is 1.05 bits per heavy atom. The number of nitrogens with zero attached hydrogens (tertiary/aromatic N) is 1. The maximum atomic E-state index is 14.1. The second-order valence-corrected chi connectivity index (χ2v) is 11.2. The average Bonchev–Trinajstić information content (AvgIpc) is 3.44. The van der Waals surface area contributed by atoms with Crippen molar-refractivity contribution in [1.82, 2.24) is 10.2 Å².